The van der Waals surface area contributed by atoms with E-state index < -0.39 is 5.60 Å². The van der Waals surface area contributed by atoms with Gasteiger partial charge in [-0.05, 0) is 23.8 Å². The summed E-state index contributed by atoms with van der Waals surface area (Å²) in [6.45, 7) is 1.69. The van der Waals surface area contributed by atoms with Gasteiger partial charge in [0.05, 0.1) is 18.5 Å². The van der Waals surface area contributed by atoms with Gasteiger partial charge in [0.1, 0.15) is 11.4 Å². The van der Waals surface area contributed by atoms with Crippen molar-refractivity contribution in [2.75, 3.05) is 20.2 Å². The molecule has 3 aromatic rings. The molecule has 2 aliphatic rings. The largest absolute Gasteiger partial charge is 0.482 e. The number of benzene rings is 2. The summed E-state index contributed by atoms with van der Waals surface area (Å²) in [4.78, 5) is 15.1. The van der Waals surface area contributed by atoms with Crippen molar-refractivity contribution in [1.82, 2.24) is 15.1 Å². The van der Waals surface area contributed by atoms with E-state index >= 15 is 0 Å². The zero-order valence-corrected chi connectivity index (χ0v) is 16.4. The molecule has 6 heteroatoms. The monoisotopic (exact) mass is 389 g/mol. The van der Waals surface area contributed by atoms with Gasteiger partial charge in [-0.3, -0.25) is 9.89 Å². The quantitative estimate of drug-likeness (QED) is 0.741. The Hall–Kier alpha value is -3.12. The van der Waals surface area contributed by atoms with Gasteiger partial charge in [-0.2, -0.15) is 5.10 Å². The molecule has 1 amide bonds. The van der Waals surface area contributed by atoms with Crippen LogP contribution in [-0.4, -0.2) is 41.2 Å². The number of piperidine rings is 1. The van der Waals surface area contributed by atoms with Gasteiger partial charge >= 0.3 is 0 Å². The smallest absolute Gasteiger partial charge is 0.254 e. The normalized spacial score (nSPS) is 16.8. The molecule has 2 aromatic carbocycles. The third-order valence-electron chi connectivity index (χ3n) is 6.00. The predicted octanol–water partition coefficient (Wildman–Crippen LogP) is 3.75. The molecule has 2 aliphatic heterocycles. The third-order valence-corrected chi connectivity index (χ3v) is 6.00. The number of amides is 1. The lowest BCUT2D eigenvalue weighted by molar-refractivity contribution is -0.00169. The maximum atomic E-state index is 13.2. The highest BCUT2D eigenvalue weighted by atomic mass is 16.5. The Balaban J connectivity index is 1.40. The molecule has 1 fully saturated rings. The SMILES string of the molecule is COCc1ccccc1C(=O)N1CCC2(CC1)Oc1ccccc1-c1[nH]ncc12. The van der Waals surface area contributed by atoms with Gasteiger partial charge in [0.25, 0.3) is 5.91 Å². The Bertz CT molecular complexity index is 1050. The summed E-state index contributed by atoms with van der Waals surface area (Å²) < 4.78 is 11.8. The van der Waals surface area contributed by atoms with Crippen LogP contribution in [0, 0.1) is 0 Å². The first-order valence-corrected chi connectivity index (χ1v) is 9.90. The minimum absolute atomic E-state index is 0.0520. The van der Waals surface area contributed by atoms with E-state index in [2.05, 4.69) is 10.2 Å². The zero-order valence-electron chi connectivity index (χ0n) is 16.4. The molecule has 6 nitrogen and oxygen atoms in total. The Morgan fingerprint density at radius 2 is 1.93 bits per heavy atom. The number of H-pyrrole nitrogens is 1. The van der Waals surface area contributed by atoms with Crippen molar-refractivity contribution in [2.24, 2.45) is 0 Å². The molecule has 1 aromatic heterocycles. The number of hydrogen-bond acceptors (Lipinski definition) is 4. The molecule has 0 unspecified atom stereocenters. The Labute approximate surface area is 169 Å². The van der Waals surface area contributed by atoms with E-state index in [0.29, 0.717) is 25.3 Å². The highest BCUT2D eigenvalue weighted by molar-refractivity contribution is 5.95. The van der Waals surface area contributed by atoms with Crippen LogP contribution in [0.1, 0.15) is 34.3 Å². The number of fused-ring (bicyclic) bond motifs is 4. The molecule has 0 atom stereocenters. The van der Waals surface area contributed by atoms with Crippen LogP contribution >= 0.6 is 0 Å². The number of aromatic nitrogens is 2. The van der Waals surface area contributed by atoms with E-state index in [0.717, 1.165) is 41.0 Å². The molecule has 0 aliphatic carbocycles. The van der Waals surface area contributed by atoms with Crippen molar-refractivity contribution in [2.45, 2.75) is 25.0 Å². The van der Waals surface area contributed by atoms with Crippen LogP contribution in [0.4, 0.5) is 0 Å². The second-order valence-electron chi connectivity index (χ2n) is 7.63. The van der Waals surface area contributed by atoms with Crippen LogP contribution in [0.5, 0.6) is 5.75 Å². The Morgan fingerprint density at radius 1 is 1.17 bits per heavy atom. The maximum absolute atomic E-state index is 13.2. The summed E-state index contributed by atoms with van der Waals surface area (Å²) in [6, 6.07) is 15.7. The summed E-state index contributed by atoms with van der Waals surface area (Å²) >= 11 is 0. The van der Waals surface area contributed by atoms with Gasteiger partial charge in [0, 0.05) is 49.7 Å². The summed E-state index contributed by atoms with van der Waals surface area (Å²) in [5, 5.41) is 7.43. The van der Waals surface area contributed by atoms with Gasteiger partial charge < -0.3 is 14.4 Å². The Morgan fingerprint density at radius 3 is 2.76 bits per heavy atom. The number of para-hydroxylation sites is 1. The fourth-order valence-corrected chi connectivity index (χ4v) is 4.49. The molecule has 5 rings (SSSR count). The van der Waals surface area contributed by atoms with Gasteiger partial charge in [0.15, 0.2) is 0 Å². The third kappa shape index (κ3) is 2.91. The fraction of sp³-hybridized carbons (Fsp3) is 0.304. The molecule has 29 heavy (non-hydrogen) atoms. The number of rotatable bonds is 3. The molecule has 1 saturated heterocycles. The predicted molar refractivity (Wildman–Crippen MR) is 109 cm³/mol. The minimum atomic E-state index is -0.445. The van der Waals surface area contributed by atoms with E-state index in [1.807, 2.05) is 59.6 Å². The number of hydrogen-bond donors (Lipinski definition) is 1. The molecule has 0 bridgehead atoms. The minimum Gasteiger partial charge on any atom is -0.482 e. The average molecular weight is 389 g/mol. The summed E-state index contributed by atoms with van der Waals surface area (Å²) in [7, 11) is 1.65. The van der Waals surface area contributed by atoms with Gasteiger partial charge in [0.2, 0.25) is 0 Å². The molecule has 3 heterocycles. The number of nitrogens with one attached hydrogen (secondary N) is 1. The lowest BCUT2D eigenvalue weighted by Gasteiger charge is -2.44. The standard InChI is InChI=1S/C23H23N3O3/c1-28-15-16-6-2-3-7-17(16)22(27)26-12-10-23(11-13-26)19-14-24-25-21(19)18-8-4-5-9-20(18)29-23/h2-9,14H,10-13,15H2,1H3,(H,24,25). The number of likely N-dealkylation sites (tertiary alicyclic amines) is 1. The first-order chi connectivity index (χ1) is 14.2. The second kappa shape index (κ2) is 7.04. The molecular formula is C23H23N3O3. The highest BCUT2D eigenvalue weighted by Gasteiger charge is 2.45. The van der Waals surface area contributed by atoms with E-state index in [-0.39, 0.29) is 5.91 Å². The van der Waals surface area contributed by atoms with Gasteiger partial charge in [-0.15, -0.1) is 0 Å². The van der Waals surface area contributed by atoms with Gasteiger partial charge in [-0.25, -0.2) is 0 Å². The summed E-state index contributed by atoms with van der Waals surface area (Å²) in [5.74, 6) is 0.922. The van der Waals surface area contributed by atoms with Crippen LogP contribution in [-0.2, 0) is 16.9 Å². The van der Waals surface area contributed by atoms with Crippen molar-refractivity contribution in [3.8, 4) is 17.0 Å². The van der Waals surface area contributed by atoms with Crippen molar-refractivity contribution in [1.29, 1.82) is 0 Å². The molecule has 1 N–H and O–H groups in total. The molecule has 0 saturated carbocycles. The van der Waals surface area contributed by atoms with E-state index in [4.69, 9.17) is 9.47 Å². The number of aromatic amines is 1. The summed E-state index contributed by atoms with van der Waals surface area (Å²) in [6.07, 6.45) is 3.33. The first kappa shape index (κ1) is 17.9. The average Bonchev–Trinajstić information content (AvgIpc) is 3.26. The fourth-order valence-electron chi connectivity index (χ4n) is 4.49. The van der Waals surface area contributed by atoms with Crippen LogP contribution in [0.3, 0.4) is 0 Å². The van der Waals surface area contributed by atoms with Crippen molar-refractivity contribution in [3.05, 3.63) is 71.4 Å². The maximum Gasteiger partial charge on any atom is 0.254 e. The van der Waals surface area contributed by atoms with E-state index in [9.17, 15) is 4.79 Å². The highest BCUT2D eigenvalue weighted by Crippen LogP contribution is 2.48. The number of carbonyl (C=O) groups excluding carboxylic acids is 1. The molecule has 1 spiro atoms. The first-order valence-electron chi connectivity index (χ1n) is 9.90. The lowest BCUT2D eigenvalue weighted by atomic mass is 9.81. The lowest BCUT2D eigenvalue weighted by Crippen LogP contribution is -2.49. The number of nitrogens with zero attached hydrogens (tertiary/aromatic N) is 2. The molecule has 0 radical (unpaired) electrons. The zero-order chi connectivity index (χ0) is 19.8. The van der Waals surface area contributed by atoms with Crippen LogP contribution < -0.4 is 4.74 Å². The number of carbonyl (C=O) groups is 1. The number of methoxy groups -OCH3 is 1. The van der Waals surface area contributed by atoms with Crippen molar-refractivity contribution < 1.29 is 14.3 Å². The van der Waals surface area contributed by atoms with Crippen LogP contribution in [0.25, 0.3) is 11.3 Å². The van der Waals surface area contributed by atoms with Crippen LogP contribution in [0.15, 0.2) is 54.7 Å². The molecular weight excluding hydrogens is 366 g/mol. The van der Waals surface area contributed by atoms with E-state index in [1.54, 1.807) is 7.11 Å². The topological polar surface area (TPSA) is 67.4 Å². The summed E-state index contributed by atoms with van der Waals surface area (Å²) in [5.41, 5.74) is 4.33. The van der Waals surface area contributed by atoms with Crippen molar-refractivity contribution >= 4 is 5.91 Å². The van der Waals surface area contributed by atoms with Crippen LogP contribution in [0.2, 0.25) is 0 Å². The van der Waals surface area contributed by atoms with Gasteiger partial charge in [-0.1, -0.05) is 30.3 Å². The molecule has 148 valence electrons. The second-order valence-corrected chi connectivity index (χ2v) is 7.63. The van der Waals surface area contributed by atoms with E-state index in [1.165, 1.54) is 0 Å². The van der Waals surface area contributed by atoms with Crippen molar-refractivity contribution in [3.63, 3.8) is 0 Å². The Kier molecular flexibility index (Phi) is 4.36. The number of ether oxygens (including phenoxy) is 2.